The van der Waals surface area contributed by atoms with E-state index in [1.807, 2.05) is 48.5 Å². The molecule has 8 heteroatoms. The molecule has 2 aromatic carbocycles. The summed E-state index contributed by atoms with van der Waals surface area (Å²) < 4.78 is 1.44. The van der Waals surface area contributed by atoms with E-state index in [9.17, 15) is 4.79 Å². The summed E-state index contributed by atoms with van der Waals surface area (Å²) in [5.41, 5.74) is 3.54. The van der Waals surface area contributed by atoms with Gasteiger partial charge in [0.2, 0.25) is 5.82 Å². The first-order chi connectivity index (χ1) is 13.5. The Labute approximate surface area is 171 Å². The van der Waals surface area contributed by atoms with Gasteiger partial charge < -0.3 is 4.90 Å². The number of amides is 1. The molecule has 0 atom stereocenters. The zero-order valence-electron chi connectivity index (χ0n) is 15.1. The van der Waals surface area contributed by atoms with Crippen LogP contribution in [0.4, 0.5) is 0 Å². The van der Waals surface area contributed by atoms with Crippen LogP contribution in [0.15, 0.2) is 54.6 Å². The molecule has 0 aliphatic heterocycles. The fourth-order valence-corrected chi connectivity index (χ4v) is 3.22. The molecule has 4 aromatic rings. The molecular weight excluding hydrogens is 397 g/mol. The highest BCUT2D eigenvalue weighted by Crippen LogP contribution is 2.35. The Balaban J connectivity index is 2.02. The molecule has 0 aliphatic carbocycles. The smallest absolute Gasteiger partial charge is 0.293 e. The van der Waals surface area contributed by atoms with Crippen LogP contribution in [-0.4, -0.2) is 44.7 Å². The standard InChI is InChI=1S/C20H15Cl2N5O/c1-26(2)20(28)19-24-23-17-11-15(12-7-9-13(21)10-8-12)18(25-27(17)19)14-5-3-4-6-16(14)22/h3-11H,1-2H3. The van der Waals surface area contributed by atoms with E-state index in [0.717, 1.165) is 16.7 Å². The van der Waals surface area contributed by atoms with Gasteiger partial charge in [-0.05, 0) is 29.8 Å². The molecule has 4 rings (SSSR count). The second-order valence-electron chi connectivity index (χ2n) is 6.39. The number of aromatic nitrogens is 4. The van der Waals surface area contributed by atoms with Crippen LogP contribution in [0.25, 0.3) is 28.0 Å². The molecule has 1 amide bonds. The van der Waals surface area contributed by atoms with Crippen LogP contribution >= 0.6 is 23.2 Å². The van der Waals surface area contributed by atoms with Gasteiger partial charge in [-0.3, -0.25) is 4.79 Å². The van der Waals surface area contributed by atoms with Crippen molar-refractivity contribution in [1.82, 2.24) is 24.7 Å². The number of hydrogen-bond donors (Lipinski definition) is 0. The minimum atomic E-state index is -0.288. The number of benzene rings is 2. The lowest BCUT2D eigenvalue weighted by Gasteiger charge is -2.13. The molecule has 2 heterocycles. The second-order valence-corrected chi connectivity index (χ2v) is 7.23. The summed E-state index contributed by atoms with van der Waals surface area (Å²) in [5, 5.41) is 14.0. The Morgan fingerprint density at radius 1 is 0.964 bits per heavy atom. The molecule has 0 saturated heterocycles. The maximum absolute atomic E-state index is 12.4. The van der Waals surface area contributed by atoms with E-state index in [2.05, 4.69) is 10.2 Å². The van der Waals surface area contributed by atoms with Crippen LogP contribution in [-0.2, 0) is 0 Å². The van der Waals surface area contributed by atoms with Crippen LogP contribution in [0.3, 0.4) is 0 Å². The molecule has 140 valence electrons. The van der Waals surface area contributed by atoms with Crippen LogP contribution in [0.1, 0.15) is 10.6 Å². The van der Waals surface area contributed by atoms with Crippen molar-refractivity contribution in [2.45, 2.75) is 0 Å². The summed E-state index contributed by atoms with van der Waals surface area (Å²) in [6.07, 6.45) is 0. The number of rotatable bonds is 3. The molecule has 0 spiro atoms. The summed E-state index contributed by atoms with van der Waals surface area (Å²) in [4.78, 5) is 13.9. The van der Waals surface area contributed by atoms with Crippen molar-refractivity contribution in [3.63, 3.8) is 0 Å². The molecule has 0 saturated carbocycles. The Kier molecular flexibility index (Phi) is 4.75. The van der Waals surface area contributed by atoms with Gasteiger partial charge in [-0.15, -0.1) is 10.2 Å². The topological polar surface area (TPSA) is 63.4 Å². The predicted octanol–water partition coefficient (Wildman–Crippen LogP) is 4.47. The summed E-state index contributed by atoms with van der Waals surface area (Å²) in [6, 6.07) is 16.7. The Hall–Kier alpha value is -2.96. The lowest BCUT2D eigenvalue weighted by atomic mass is 10.00. The lowest BCUT2D eigenvalue weighted by molar-refractivity contribution is 0.0813. The summed E-state index contributed by atoms with van der Waals surface area (Å²) in [6.45, 7) is 0. The third-order valence-electron chi connectivity index (χ3n) is 4.28. The van der Waals surface area contributed by atoms with Gasteiger partial charge >= 0.3 is 0 Å². The fraction of sp³-hybridized carbons (Fsp3) is 0.100. The van der Waals surface area contributed by atoms with Gasteiger partial charge in [-0.2, -0.15) is 9.61 Å². The summed E-state index contributed by atoms with van der Waals surface area (Å²) in [7, 11) is 3.31. The molecular formula is C20H15Cl2N5O. The van der Waals surface area contributed by atoms with Gasteiger partial charge in [0.05, 0.1) is 5.02 Å². The van der Waals surface area contributed by atoms with E-state index in [1.165, 1.54) is 9.42 Å². The number of carbonyl (C=O) groups is 1. The van der Waals surface area contributed by atoms with E-state index >= 15 is 0 Å². The largest absolute Gasteiger partial charge is 0.342 e. The average molecular weight is 412 g/mol. The first-order valence-corrected chi connectivity index (χ1v) is 9.20. The minimum absolute atomic E-state index is 0.135. The zero-order valence-corrected chi connectivity index (χ0v) is 16.6. The van der Waals surface area contributed by atoms with Crippen molar-refractivity contribution >= 4 is 34.8 Å². The zero-order chi connectivity index (χ0) is 19.8. The maximum Gasteiger partial charge on any atom is 0.293 e. The summed E-state index contributed by atoms with van der Waals surface area (Å²) >= 11 is 12.5. The van der Waals surface area contributed by atoms with Crippen molar-refractivity contribution in [3.05, 3.63) is 70.5 Å². The van der Waals surface area contributed by atoms with E-state index in [4.69, 9.17) is 28.3 Å². The van der Waals surface area contributed by atoms with E-state index in [1.54, 1.807) is 20.2 Å². The number of halogens is 2. The Morgan fingerprint density at radius 3 is 2.36 bits per heavy atom. The van der Waals surface area contributed by atoms with Gasteiger partial charge in [0, 0.05) is 30.2 Å². The van der Waals surface area contributed by atoms with Gasteiger partial charge in [0.25, 0.3) is 5.91 Å². The third-order valence-corrected chi connectivity index (χ3v) is 4.86. The van der Waals surface area contributed by atoms with Crippen LogP contribution in [0, 0.1) is 0 Å². The molecule has 0 aliphatic rings. The molecule has 0 N–H and O–H groups in total. The average Bonchev–Trinajstić information content (AvgIpc) is 3.10. The van der Waals surface area contributed by atoms with Crippen molar-refractivity contribution in [3.8, 4) is 22.4 Å². The molecule has 6 nitrogen and oxygen atoms in total. The highest BCUT2D eigenvalue weighted by atomic mass is 35.5. The van der Waals surface area contributed by atoms with Crippen molar-refractivity contribution in [1.29, 1.82) is 0 Å². The summed E-state index contributed by atoms with van der Waals surface area (Å²) in [5.74, 6) is -0.152. The first-order valence-electron chi connectivity index (χ1n) is 8.44. The van der Waals surface area contributed by atoms with Crippen molar-refractivity contribution in [2.24, 2.45) is 0 Å². The maximum atomic E-state index is 12.4. The fourth-order valence-electron chi connectivity index (χ4n) is 2.87. The van der Waals surface area contributed by atoms with E-state index in [-0.39, 0.29) is 11.7 Å². The second kappa shape index (κ2) is 7.22. The number of carbonyl (C=O) groups excluding carboxylic acids is 1. The third kappa shape index (κ3) is 3.21. The monoisotopic (exact) mass is 411 g/mol. The van der Waals surface area contributed by atoms with Gasteiger partial charge in [-0.25, -0.2) is 0 Å². The van der Waals surface area contributed by atoms with Gasteiger partial charge in [0.15, 0.2) is 5.65 Å². The Morgan fingerprint density at radius 2 is 1.68 bits per heavy atom. The SMILES string of the molecule is CN(C)C(=O)c1nnc2cc(-c3ccc(Cl)cc3)c(-c3ccccc3Cl)nn12. The van der Waals surface area contributed by atoms with Crippen LogP contribution in [0.5, 0.6) is 0 Å². The van der Waals surface area contributed by atoms with Crippen LogP contribution in [0.2, 0.25) is 10.0 Å². The Bertz CT molecular complexity index is 1190. The molecule has 28 heavy (non-hydrogen) atoms. The molecule has 0 fully saturated rings. The predicted molar refractivity (Wildman–Crippen MR) is 110 cm³/mol. The number of hydrogen-bond acceptors (Lipinski definition) is 4. The lowest BCUT2D eigenvalue weighted by Crippen LogP contribution is -2.24. The molecule has 0 bridgehead atoms. The first kappa shape index (κ1) is 18.4. The molecule has 0 unspecified atom stereocenters. The van der Waals surface area contributed by atoms with E-state index in [0.29, 0.717) is 21.4 Å². The van der Waals surface area contributed by atoms with Crippen molar-refractivity contribution < 1.29 is 4.79 Å². The molecule has 0 radical (unpaired) electrons. The number of nitrogens with zero attached hydrogens (tertiary/aromatic N) is 5. The highest BCUT2D eigenvalue weighted by Gasteiger charge is 2.21. The van der Waals surface area contributed by atoms with Crippen LogP contribution < -0.4 is 0 Å². The van der Waals surface area contributed by atoms with E-state index < -0.39 is 0 Å². The molecule has 2 aromatic heterocycles. The normalized spacial score (nSPS) is 11.0. The highest BCUT2D eigenvalue weighted by molar-refractivity contribution is 6.33. The van der Waals surface area contributed by atoms with Gasteiger partial charge in [-0.1, -0.05) is 53.5 Å². The van der Waals surface area contributed by atoms with Crippen molar-refractivity contribution in [2.75, 3.05) is 14.1 Å². The minimum Gasteiger partial charge on any atom is -0.342 e. The van der Waals surface area contributed by atoms with Gasteiger partial charge in [0.1, 0.15) is 5.69 Å². The quantitative estimate of drug-likeness (QED) is 0.498. The number of fused-ring (bicyclic) bond motifs is 1.